The van der Waals surface area contributed by atoms with E-state index in [4.69, 9.17) is 10.9 Å². The third-order valence-corrected chi connectivity index (χ3v) is 4.72. The minimum Gasteiger partial charge on any atom is -0.409 e. The van der Waals surface area contributed by atoms with Gasteiger partial charge in [-0.3, -0.25) is 4.90 Å². The first-order valence-corrected chi connectivity index (χ1v) is 7.43. The second kappa shape index (κ2) is 6.41. The molecule has 0 bridgehead atoms. The van der Waals surface area contributed by atoms with Crippen LogP contribution < -0.4 is 5.73 Å². The molecule has 18 heavy (non-hydrogen) atoms. The van der Waals surface area contributed by atoms with Gasteiger partial charge in [-0.25, -0.2) is 0 Å². The van der Waals surface area contributed by atoms with E-state index in [-0.39, 0.29) is 0 Å². The third-order valence-electron chi connectivity index (χ3n) is 4.72. The number of amidine groups is 1. The highest BCUT2D eigenvalue weighted by Crippen LogP contribution is 2.32. The van der Waals surface area contributed by atoms with Crippen molar-refractivity contribution in [1.82, 2.24) is 4.90 Å². The number of hydrogen-bond acceptors (Lipinski definition) is 3. The molecule has 2 aliphatic rings. The molecule has 2 rings (SSSR count). The lowest BCUT2D eigenvalue weighted by atomic mass is 9.86. The van der Waals surface area contributed by atoms with Crippen molar-refractivity contribution in [3.05, 3.63) is 0 Å². The summed E-state index contributed by atoms with van der Waals surface area (Å²) in [5.74, 6) is 1.23. The van der Waals surface area contributed by atoms with E-state index in [9.17, 15) is 0 Å². The summed E-state index contributed by atoms with van der Waals surface area (Å²) in [6, 6.07) is 1.30. The summed E-state index contributed by atoms with van der Waals surface area (Å²) in [6.07, 6.45) is 10.4. The summed E-state index contributed by atoms with van der Waals surface area (Å²) in [5.41, 5.74) is 5.73. The van der Waals surface area contributed by atoms with E-state index in [0.29, 0.717) is 24.5 Å². The number of nitrogens with two attached hydrogens (primary N) is 1. The molecule has 2 saturated carbocycles. The highest BCUT2D eigenvalue weighted by Gasteiger charge is 2.31. The van der Waals surface area contributed by atoms with Crippen molar-refractivity contribution in [2.45, 2.75) is 70.4 Å². The molecule has 0 unspecified atom stereocenters. The number of rotatable bonds is 4. The fourth-order valence-electron chi connectivity index (χ4n) is 3.59. The Morgan fingerprint density at radius 1 is 1.11 bits per heavy atom. The Labute approximate surface area is 110 Å². The van der Waals surface area contributed by atoms with E-state index in [1.807, 2.05) is 0 Å². The Hall–Kier alpha value is -0.770. The van der Waals surface area contributed by atoms with Gasteiger partial charge < -0.3 is 10.9 Å². The van der Waals surface area contributed by atoms with E-state index < -0.39 is 0 Å². The zero-order valence-electron chi connectivity index (χ0n) is 11.5. The van der Waals surface area contributed by atoms with Crippen LogP contribution in [0.4, 0.5) is 0 Å². The van der Waals surface area contributed by atoms with Crippen molar-refractivity contribution >= 4 is 5.84 Å². The second-order valence-electron chi connectivity index (χ2n) is 6.12. The molecular formula is C14H27N3O. The second-order valence-corrected chi connectivity index (χ2v) is 6.12. The van der Waals surface area contributed by atoms with E-state index in [2.05, 4.69) is 17.0 Å². The van der Waals surface area contributed by atoms with Gasteiger partial charge in [-0.05, 0) is 44.4 Å². The predicted octanol–water partition coefficient (Wildman–Crippen LogP) is 2.56. The number of hydrogen-bond donors (Lipinski definition) is 2. The average molecular weight is 253 g/mol. The Bertz CT molecular complexity index is 279. The Morgan fingerprint density at radius 3 is 2.22 bits per heavy atom. The molecular weight excluding hydrogens is 226 g/mol. The highest BCUT2D eigenvalue weighted by molar-refractivity contribution is 5.81. The van der Waals surface area contributed by atoms with Crippen LogP contribution in [0.15, 0.2) is 5.16 Å². The summed E-state index contributed by atoms with van der Waals surface area (Å²) in [5, 5.41) is 12.0. The topological polar surface area (TPSA) is 61.8 Å². The number of nitrogens with zero attached hydrogens (tertiary/aromatic N) is 2. The molecule has 0 aromatic carbocycles. The van der Waals surface area contributed by atoms with E-state index in [0.717, 1.165) is 5.92 Å². The van der Waals surface area contributed by atoms with E-state index in [1.165, 1.54) is 51.4 Å². The van der Waals surface area contributed by atoms with E-state index >= 15 is 0 Å². The quantitative estimate of drug-likeness (QED) is 0.350. The Kier molecular flexibility index (Phi) is 4.87. The van der Waals surface area contributed by atoms with Gasteiger partial charge in [0.1, 0.15) is 0 Å². The molecule has 104 valence electrons. The van der Waals surface area contributed by atoms with Crippen LogP contribution in [-0.2, 0) is 0 Å². The molecule has 0 radical (unpaired) electrons. The molecule has 0 aromatic heterocycles. The first-order valence-electron chi connectivity index (χ1n) is 7.43. The van der Waals surface area contributed by atoms with Gasteiger partial charge >= 0.3 is 0 Å². The molecule has 0 heterocycles. The SMILES string of the molecule is CC1CCC(N(CC(N)=NO)C2CCCC2)CC1. The zero-order chi connectivity index (χ0) is 13.0. The molecule has 0 amide bonds. The first-order chi connectivity index (χ1) is 8.70. The molecule has 0 atom stereocenters. The monoisotopic (exact) mass is 253 g/mol. The van der Waals surface area contributed by atoms with Crippen molar-refractivity contribution in [1.29, 1.82) is 0 Å². The lowest BCUT2D eigenvalue weighted by Crippen LogP contribution is -2.47. The maximum atomic E-state index is 8.80. The van der Waals surface area contributed by atoms with Crippen molar-refractivity contribution in [2.24, 2.45) is 16.8 Å². The predicted molar refractivity (Wildman–Crippen MR) is 73.8 cm³/mol. The molecule has 3 N–H and O–H groups in total. The summed E-state index contributed by atoms with van der Waals surface area (Å²) in [7, 11) is 0. The normalized spacial score (nSPS) is 31.1. The van der Waals surface area contributed by atoms with Crippen LogP contribution >= 0.6 is 0 Å². The zero-order valence-corrected chi connectivity index (χ0v) is 11.5. The maximum Gasteiger partial charge on any atom is 0.153 e. The van der Waals surface area contributed by atoms with Gasteiger partial charge in [0.05, 0.1) is 6.54 Å². The van der Waals surface area contributed by atoms with Gasteiger partial charge in [0.25, 0.3) is 0 Å². The van der Waals surface area contributed by atoms with Gasteiger partial charge in [0.2, 0.25) is 0 Å². The summed E-state index contributed by atoms with van der Waals surface area (Å²) in [4.78, 5) is 2.52. The maximum absolute atomic E-state index is 8.80. The first kappa shape index (κ1) is 13.7. The van der Waals surface area contributed by atoms with Crippen molar-refractivity contribution in [3.63, 3.8) is 0 Å². The largest absolute Gasteiger partial charge is 0.409 e. The van der Waals surface area contributed by atoms with Gasteiger partial charge in [0, 0.05) is 12.1 Å². The van der Waals surface area contributed by atoms with Gasteiger partial charge in [-0.15, -0.1) is 0 Å². The Balaban J connectivity index is 1.98. The Morgan fingerprint density at radius 2 is 1.67 bits per heavy atom. The smallest absolute Gasteiger partial charge is 0.153 e. The van der Waals surface area contributed by atoms with Crippen LogP contribution in [0.1, 0.15) is 58.3 Å². The molecule has 4 nitrogen and oxygen atoms in total. The third kappa shape index (κ3) is 3.37. The van der Waals surface area contributed by atoms with Crippen molar-refractivity contribution < 1.29 is 5.21 Å². The molecule has 2 aliphatic carbocycles. The molecule has 4 heteroatoms. The minimum atomic E-state index is 0.362. The molecule has 0 aliphatic heterocycles. The van der Waals surface area contributed by atoms with Crippen LogP contribution in [0.2, 0.25) is 0 Å². The highest BCUT2D eigenvalue weighted by atomic mass is 16.4. The lowest BCUT2D eigenvalue weighted by molar-refractivity contribution is 0.111. The standard InChI is InChI=1S/C14H27N3O/c1-11-6-8-13(9-7-11)17(10-14(15)16-18)12-4-2-3-5-12/h11-13,18H,2-10H2,1H3,(H2,15,16). The van der Waals surface area contributed by atoms with Crippen LogP contribution in [-0.4, -0.2) is 34.6 Å². The fraction of sp³-hybridized carbons (Fsp3) is 0.929. The van der Waals surface area contributed by atoms with Crippen LogP contribution in [0.25, 0.3) is 0 Å². The van der Waals surface area contributed by atoms with Crippen LogP contribution in [0.3, 0.4) is 0 Å². The molecule has 0 aromatic rings. The number of oxime groups is 1. The minimum absolute atomic E-state index is 0.362. The molecule has 0 saturated heterocycles. The van der Waals surface area contributed by atoms with Gasteiger partial charge in [-0.2, -0.15) is 0 Å². The van der Waals surface area contributed by atoms with E-state index in [1.54, 1.807) is 0 Å². The summed E-state index contributed by atoms with van der Waals surface area (Å²) in [6.45, 7) is 2.99. The fourth-order valence-corrected chi connectivity index (χ4v) is 3.59. The van der Waals surface area contributed by atoms with Crippen molar-refractivity contribution in [2.75, 3.05) is 6.54 Å². The summed E-state index contributed by atoms with van der Waals surface area (Å²) < 4.78 is 0. The molecule has 0 spiro atoms. The van der Waals surface area contributed by atoms with Crippen molar-refractivity contribution in [3.8, 4) is 0 Å². The lowest BCUT2D eigenvalue weighted by Gasteiger charge is -2.39. The molecule has 2 fully saturated rings. The van der Waals surface area contributed by atoms with Crippen LogP contribution in [0.5, 0.6) is 0 Å². The van der Waals surface area contributed by atoms with Crippen LogP contribution in [0, 0.1) is 5.92 Å². The van der Waals surface area contributed by atoms with Gasteiger partial charge in [-0.1, -0.05) is 24.9 Å². The average Bonchev–Trinajstić information content (AvgIpc) is 2.90. The van der Waals surface area contributed by atoms with Gasteiger partial charge in [0.15, 0.2) is 5.84 Å². The summed E-state index contributed by atoms with van der Waals surface area (Å²) >= 11 is 0.